The molecule has 2 rings (SSSR count). The van der Waals surface area contributed by atoms with Crippen LogP contribution in [0.3, 0.4) is 0 Å². The van der Waals surface area contributed by atoms with Crippen molar-refractivity contribution in [2.45, 2.75) is 12.7 Å². The first-order chi connectivity index (χ1) is 9.95. The van der Waals surface area contributed by atoms with E-state index in [2.05, 4.69) is 9.88 Å². The average molecular weight is 307 g/mol. The van der Waals surface area contributed by atoms with Gasteiger partial charge >= 0.3 is 0 Å². The molecule has 110 valence electrons. The molecular formula is C13H13N3O4S. The Bertz CT molecular complexity index is 790. The number of aryl methyl sites for hydroxylation is 1. The second-order valence-electron chi connectivity index (χ2n) is 4.28. The molecule has 0 spiro atoms. The van der Waals surface area contributed by atoms with Crippen molar-refractivity contribution in [1.82, 2.24) is 5.16 Å². The van der Waals surface area contributed by atoms with Crippen LogP contribution in [0.5, 0.6) is 5.75 Å². The molecule has 8 heteroatoms. The Hall–Kier alpha value is -2.53. The maximum atomic E-state index is 12.2. The van der Waals surface area contributed by atoms with Crippen LogP contribution in [0.25, 0.3) is 0 Å². The van der Waals surface area contributed by atoms with Gasteiger partial charge in [-0.3, -0.25) is 4.72 Å². The predicted molar refractivity (Wildman–Crippen MR) is 75.2 cm³/mol. The first-order valence-electron chi connectivity index (χ1n) is 5.95. The van der Waals surface area contributed by atoms with E-state index in [4.69, 9.17) is 14.5 Å². The third kappa shape index (κ3) is 3.52. The first kappa shape index (κ1) is 14.9. The number of aromatic nitrogens is 1. The van der Waals surface area contributed by atoms with Crippen molar-refractivity contribution >= 4 is 15.7 Å². The molecule has 0 fully saturated rings. The maximum Gasteiger partial charge on any atom is 0.238 e. The van der Waals surface area contributed by atoms with Crippen molar-refractivity contribution in [2.24, 2.45) is 0 Å². The van der Waals surface area contributed by atoms with Crippen LogP contribution >= 0.6 is 0 Å². The van der Waals surface area contributed by atoms with Crippen LogP contribution in [0, 0.1) is 18.3 Å². The molecule has 1 aromatic carbocycles. The van der Waals surface area contributed by atoms with Crippen molar-refractivity contribution in [3.63, 3.8) is 0 Å². The molecule has 1 N–H and O–H groups in total. The van der Waals surface area contributed by atoms with Crippen LogP contribution in [0.1, 0.15) is 17.0 Å². The summed E-state index contributed by atoms with van der Waals surface area (Å²) in [5.74, 6) is 0.442. The number of ether oxygens (including phenoxy) is 1. The predicted octanol–water partition coefficient (Wildman–Crippen LogP) is 1.81. The summed E-state index contributed by atoms with van der Waals surface area (Å²) in [5, 5.41) is 12.7. The summed E-state index contributed by atoms with van der Waals surface area (Å²) >= 11 is 0. The molecule has 0 aliphatic carbocycles. The van der Waals surface area contributed by atoms with Gasteiger partial charge in [-0.15, -0.1) is 0 Å². The zero-order chi connectivity index (χ0) is 15.5. The molecule has 0 aliphatic heterocycles. The fourth-order valence-electron chi connectivity index (χ4n) is 1.77. The van der Waals surface area contributed by atoms with Gasteiger partial charge in [0.1, 0.15) is 34.7 Å². The summed E-state index contributed by atoms with van der Waals surface area (Å²) in [6, 6.07) is 8.13. The second-order valence-corrected chi connectivity index (χ2v) is 6.01. The Morgan fingerprint density at radius 3 is 2.81 bits per heavy atom. The van der Waals surface area contributed by atoms with Crippen LogP contribution in [0.4, 0.5) is 5.69 Å². The highest BCUT2D eigenvalue weighted by molar-refractivity contribution is 7.91. The van der Waals surface area contributed by atoms with E-state index in [0.717, 1.165) is 0 Å². The van der Waals surface area contributed by atoms with Gasteiger partial charge in [0.2, 0.25) is 10.0 Å². The molecule has 0 aliphatic rings. The molecular weight excluding hydrogens is 294 g/mol. The lowest BCUT2D eigenvalue weighted by molar-refractivity contribution is 0.392. The first-order valence-corrected chi connectivity index (χ1v) is 7.60. The lowest BCUT2D eigenvalue weighted by Gasteiger charge is -2.12. The topological polar surface area (TPSA) is 105 Å². The molecule has 0 amide bonds. The molecule has 0 bridgehead atoms. The normalized spacial score (nSPS) is 10.9. The summed E-state index contributed by atoms with van der Waals surface area (Å²) in [6.45, 7) is 1.67. The van der Waals surface area contributed by atoms with Gasteiger partial charge in [-0.2, -0.15) is 5.26 Å². The zero-order valence-electron chi connectivity index (χ0n) is 11.5. The van der Waals surface area contributed by atoms with Crippen LogP contribution in [-0.2, 0) is 15.8 Å². The van der Waals surface area contributed by atoms with Gasteiger partial charge in [-0.25, -0.2) is 8.42 Å². The van der Waals surface area contributed by atoms with Gasteiger partial charge in [-0.05, 0) is 19.1 Å². The number of methoxy groups -OCH3 is 1. The number of anilines is 1. The molecule has 0 atom stereocenters. The summed E-state index contributed by atoms with van der Waals surface area (Å²) in [5.41, 5.74) is 0.574. The van der Waals surface area contributed by atoms with Crippen LogP contribution in [-0.4, -0.2) is 20.7 Å². The molecule has 21 heavy (non-hydrogen) atoms. The van der Waals surface area contributed by atoms with Gasteiger partial charge in [0.25, 0.3) is 0 Å². The number of nitrogens with one attached hydrogen (secondary N) is 1. The van der Waals surface area contributed by atoms with E-state index >= 15 is 0 Å². The van der Waals surface area contributed by atoms with E-state index in [0.29, 0.717) is 5.76 Å². The summed E-state index contributed by atoms with van der Waals surface area (Å²) < 4.78 is 36.6. The Morgan fingerprint density at radius 1 is 1.48 bits per heavy atom. The highest BCUT2D eigenvalue weighted by atomic mass is 32.2. The number of nitriles is 1. The van der Waals surface area contributed by atoms with Crippen molar-refractivity contribution in [1.29, 1.82) is 5.26 Å². The summed E-state index contributed by atoms with van der Waals surface area (Å²) in [6.07, 6.45) is 0. The van der Waals surface area contributed by atoms with Gasteiger partial charge < -0.3 is 9.26 Å². The van der Waals surface area contributed by atoms with Crippen LogP contribution in [0.2, 0.25) is 0 Å². The van der Waals surface area contributed by atoms with Gasteiger partial charge in [-0.1, -0.05) is 11.2 Å². The van der Waals surface area contributed by atoms with Crippen LogP contribution in [0.15, 0.2) is 28.8 Å². The van der Waals surface area contributed by atoms with E-state index in [1.807, 2.05) is 6.07 Å². The van der Waals surface area contributed by atoms with Gasteiger partial charge in [0, 0.05) is 6.07 Å². The smallest absolute Gasteiger partial charge is 0.238 e. The summed E-state index contributed by atoms with van der Waals surface area (Å²) in [7, 11) is -2.35. The third-order valence-electron chi connectivity index (χ3n) is 2.64. The Morgan fingerprint density at radius 2 is 2.24 bits per heavy atom. The zero-order valence-corrected chi connectivity index (χ0v) is 12.3. The SMILES string of the molecule is COc1cccc(C#N)c1NS(=O)(=O)Cc1cc(C)on1. The minimum absolute atomic E-state index is 0.114. The second kappa shape index (κ2) is 5.85. The highest BCUT2D eigenvalue weighted by Gasteiger charge is 2.19. The van der Waals surface area contributed by atoms with Gasteiger partial charge in [0.05, 0.1) is 12.7 Å². The Labute approximate surface area is 122 Å². The number of sulfonamides is 1. The van der Waals surface area contributed by atoms with E-state index in [1.54, 1.807) is 19.1 Å². The minimum atomic E-state index is -3.74. The Kier molecular flexibility index (Phi) is 4.14. The lowest BCUT2D eigenvalue weighted by atomic mass is 10.2. The molecule has 0 unspecified atom stereocenters. The van der Waals surface area contributed by atoms with E-state index < -0.39 is 10.0 Å². The van der Waals surface area contributed by atoms with Crippen molar-refractivity contribution in [3.8, 4) is 11.8 Å². The molecule has 0 saturated heterocycles. The largest absolute Gasteiger partial charge is 0.495 e. The quantitative estimate of drug-likeness (QED) is 0.903. The number of hydrogen-bond donors (Lipinski definition) is 1. The number of nitrogens with zero attached hydrogens (tertiary/aromatic N) is 2. The van der Waals surface area contributed by atoms with Crippen molar-refractivity contribution in [3.05, 3.63) is 41.3 Å². The molecule has 0 radical (unpaired) electrons. The number of para-hydroxylation sites is 1. The highest BCUT2D eigenvalue weighted by Crippen LogP contribution is 2.29. The standard InChI is InChI=1S/C13H13N3O4S/c1-9-6-11(15-20-9)8-21(17,18)16-13-10(7-14)4-3-5-12(13)19-2/h3-6,16H,8H2,1-2H3. The molecule has 7 nitrogen and oxygen atoms in total. The molecule has 1 heterocycles. The van der Waals surface area contributed by atoms with E-state index in [1.165, 1.54) is 19.2 Å². The van der Waals surface area contributed by atoms with Crippen molar-refractivity contribution < 1.29 is 17.7 Å². The molecule has 2 aromatic rings. The summed E-state index contributed by atoms with van der Waals surface area (Å²) in [4.78, 5) is 0. The minimum Gasteiger partial charge on any atom is -0.495 e. The fourth-order valence-corrected chi connectivity index (χ4v) is 2.89. The van der Waals surface area contributed by atoms with E-state index in [9.17, 15) is 8.42 Å². The molecule has 1 aromatic heterocycles. The van der Waals surface area contributed by atoms with Crippen molar-refractivity contribution in [2.75, 3.05) is 11.8 Å². The molecule has 0 saturated carbocycles. The van der Waals surface area contributed by atoms with Gasteiger partial charge in [0.15, 0.2) is 0 Å². The number of benzene rings is 1. The average Bonchev–Trinajstić information content (AvgIpc) is 2.83. The monoisotopic (exact) mass is 307 g/mol. The number of hydrogen-bond acceptors (Lipinski definition) is 6. The van der Waals surface area contributed by atoms with E-state index in [-0.39, 0.29) is 28.4 Å². The maximum absolute atomic E-state index is 12.2. The lowest BCUT2D eigenvalue weighted by Crippen LogP contribution is -2.16. The Balaban J connectivity index is 2.30. The number of rotatable bonds is 5. The van der Waals surface area contributed by atoms with Crippen LogP contribution < -0.4 is 9.46 Å². The fraction of sp³-hybridized carbons (Fsp3) is 0.231. The third-order valence-corrected chi connectivity index (χ3v) is 3.83.